The monoisotopic (exact) mass is 121 g/mol. The lowest BCUT2D eigenvalue weighted by atomic mass is 11.5. The summed E-state index contributed by atoms with van der Waals surface area (Å²) in [6.45, 7) is 0. The van der Waals surface area contributed by atoms with Crippen molar-refractivity contribution in [3.63, 3.8) is 0 Å². The van der Waals surface area contributed by atoms with Crippen LogP contribution in [0, 0.1) is 0 Å². The lowest BCUT2D eigenvalue weighted by molar-refractivity contribution is -0.108. The third-order valence-electron chi connectivity index (χ3n) is 0.311. The molecule has 0 rings (SSSR count). The summed E-state index contributed by atoms with van der Waals surface area (Å²) in [5.41, 5.74) is 0. The summed E-state index contributed by atoms with van der Waals surface area (Å²) >= 11 is 0. The van der Waals surface area contributed by atoms with Gasteiger partial charge in [-0.2, -0.15) is 0 Å². The normalized spacial score (nSPS) is 10.0. The molecule has 1 amide bonds. The molecule has 5 heteroatoms. The van der Waals surface area contributed by atoms with Crippen LogP contribution < -0.4 is 4.98 Å². The molecule has 0 aliphatic rings. The minimum Gasteiger partial charge on any atom is -0.453 e. The summed E-state index contributed by atoms with van der Waals surface area (Å²) in [7, 11) is 0.109. The predicted molar refractivity (Wildman–Crippen MR) is 28.8 cm³/mol. The van der Waals surface area contributed by atoms with Crippen LogP contribution >= 0.6 is 0 Å². The van der Waals surface area contributed by atoms with Crippen LogP contribution in [0.3, 0.4) is 0 Å². The molecule has 0 atom stereocenters. The van der Waals surface area contributed by atoms with Crippen molar-refractivity contribution in [2.45, 2.75) is 0 Å². The number of carbonyl (C=O) groups excluding carboxylic acids is 1. The molecule has 0 saturated carbocycles. The Hall–Kier alpha value is -0.136. The molecule has 0 saturated heterocycles. The quantitative estimate of drug-likeness (QED) is 0.246. The Kier molecular flexibility index (Phi) is 4.75. The Morgan fingerprint density at radius 3 is 2.83 bits per heavy atom. The van der Waals surface area contributed by atoms with E-state index in [1.165, 1.54) is 0 Å². The molecule has 0 fully saturated rings. The fourth-order valence-corrected chi connectivity index (χ4v) is 0.852. The topological polar surface area (TPSA) is 38.3 Å². The number of rotatable bonds is 3. The molecular weight excluding hydrogens is 114 g/mol. The van der Waals surface area contributed by atoms with E-state index in [0.29, 0.717) is 6.41 Å². The minimum absolute atomic E-state index is 0.635. The van der Waals surface area contributed by atoms with Gasteiger partial charge in [0.2, 0.25) is 6.41 Å². The number of hydrogen-bond acceptors (Lipinski definition) is 2. The molecule has 0 radical (unpaired) electrons. The zero-order chi connectivity index (χ0) is 4.83. The van der Waals surface area contributed by atoms with E-state index >= 15 is 0 Å². The minimum atomic E-state index is -0.635. The molecule has 0 bridgehead atoms. The fraction of sp³-hybridized carbons (Fsp3) is 0. The van der Waals surface area contributed by atoms with E-state index in [9.17, 15) is 4.79 Å². The first kappa shape index (κ1) is 5.86. The van der Waals surface area contributed by atoms with E-state index in [4.69, 9.17) is 4.12 Å². The van der Waals surface area contributed by atoms with Crippen molar-refractivity contribution in [1.29, 1.82) is 0 Å². The second kappa shape index (κ2) is 4.86. The summed E-state index contributed by atoms with van der Waals surface area (Å²) in [5.74, 6) is 0. The maximum Gasteiger partial charge on any atom is 0.255 e. The fourth-order valence-electron chi connectivity index (χ4n) is 0.117. The zero-order valence-corrected chi connectivity index (χ0v) is 7.02. The van der Waals surface area contributed by atoms with Crippen molar-refractivity contribution in [1.82, 2.24) is 4.98 Å². The van der Waals surface area contributed by atoms with Gasteiger partial charge in [0.25, 0.3) is 9.92 Å². The van der Waals surface area contributed by atoms with Crippen LogP contribution in [0.1, 0.15) is 0 Å². The molecule has 0 aliphatic heterocycles. The van der Waals surface area contributed by atoms with Crippen molar-refractivity contribution in [2.75, 3.05) is 0 Å². The van der Waals surface area contributed by atoms with Gasteiger partial charge < -0.3 is 9.10 Å². The van der Waals surface area contributed by atoms with Crippen LogP contribution in [0.15, 0.2) is 0 Å². The number of hydrogen-bond donors (Lipinski definition) is 1. The van der Waals surface area contributed by atoms with Crippen molar-refractivity contribution in [2.24, 2.45) is 0 Å². The average molecular weight is 121 g/mol. The lowest BCUT2D eigenvalue weighted by Gasteiger charge is -1.88. The highest BCUT2D eigenvalue weighted by Gasteiger charge is 1.70. The zero-order valence-electron chi connectivity index (χ0n) is 3.60. The number of carbonyl (C=O) groups is 1. The molecule has 0 heterocycles. The van der Waals surface area contributed by atoms with Gasteiger partial charge in [0, 0.05) is 0 Å². The first-order valence-corrected chi connectivity index (χ1v) is 3.68. The summed E-state index contributed by atoms with van der Waals surface area (Å²) in [6, 6.07) is 0. The Labute approximate surface area is 41.6 Å². The van der Waals surface area contributed by atoms with Gasteiger partial charge in [-0.15, -0.1) is 0 Å². The van der Waals surface area contributed by atoms with Gasteiger partial charge >= 0.3 is 0 Å². The van der Waals surface area contributed by atoms with E-state index < -0.39 is 9.92 Å². The van der Waals surface area contributed by atoms with E-state index in [1.54, 1.807) is 0 Å². The standard InChI is InChI=1S/CH7NO2Si2/c3-1-2-6-4-5/h1H,6H2,5H3,(H,2,3). The van der Waals surface area contributed by atoms with Gasteiger partial charge in [-0.3, -0.25) is 4.79 Å². The molecular formula is CH7NO2Si2. The van der Waals surface area contributed by atoms with E-state index in [0.717, 1.165) is 10.5 Å². The van der Waals surface area contributed by atoms with Crippen LogP contribution in [0.25, 0.3) is 0 Å². The van der Waals surface area contributed by atoms with Gasteiger partial charge in [-0.1, -0.05) is 0 Å². The molecule has 0 aliphatic carbocycles. The van der Waals surface area contributed by atoms with Gasteiger partial charge in [0.1, 0.15) is 10.5 Å². The number of nitrogens with one attached hydrogen (secondary N) is 1. The Morgan fingerprint density at radius 1 is 2.00 bits per heavy atom. The number of amides is 1. The van der Waals surface area contributed by atoms with Crippen LogP contribution in [0.5, 0.6) is 0 Å². The first-order chi connectivity index (χ1) is 2.91. The Balaban J connectivity index is 2.49. The Bertz CT molecular complexity index is 40.5. The smallest absolute Gasteiger partial charge is 0.255 e. The van der Waals surface area contributed by atoms with Crippen LogP contribution in [0.4, 0.5) is 0 Å². The average Bonchev–Trinajstić information content (AvgIpc) is 1.61. The van der Waals surface area contributed by atoms with Gasteiger partial charge in [0.15, 0.2) is 0 Å². The van der Waals surface area contributed by atoms with Gasteiger partial charge in [-0.05, 0) is 0 Å². The largest absolute Gasteiger partial charge is 0.453 e. The van der Waals surface area contributed by atoms with E-state index in [-0.39, 0.29) is 0 Å². The molecule has 6 heavy (non-hydrogen) atoms. The van der Waals surface area contributed by atoms with Gasteiger partial charge in [-0.25, -0.2) is 0 Å². The SMILES string of the molecule is O=CN[SiH2]O[SiH3]. The third-order valence-corrected chi connectivity index (χ3v) is 1.80. The maximum absolute atomic E-state index is 9.42. The van der Waals surface area contributed by atoms with E-state index in [1.807, 2.05) is 0 Å². The van der Waals surface area contributed by atoms with Crippen LogP contribution in [-0.2, 0) is 8.91 Å². The second-order valence-corrected chi connectivity index (χ2v) is 3.76. The van der Waals surface area contributed by atoms with Crippen molar-refractivity contribution < 1.29 is 8.91 Å². The van der Waals surface area contributed by atoms with Gasteiger partial charge in [0.05, 0.1) is 0 Å². The molecule has 1 N–H and O–H groups in total. The highest BCUT2D eigenvalue weighted by Crippen LogP contribution is 1.42. The Morgan fingerprint density at radius 2 is 2.67 bits per heavy atom. The third kappa shape index (κ3) is 3.86. The highest BCUT2D eigenvalue weighted by molar-refractivity contribution is 6.34. The molecule has 3 nitrogen and oxygen atoms in total. The summed E-state index contributed by atoms with van der Waals surface area (Å²) in [5, 5.41) is 0. The van der Waals surface area contributed by atoms with Crippen LogP contribution in [-0.4, -0.2) is 26.8 Å². The van der Waals surface area contributed by atoms with Crippen molar-refractivity contribution in [3.8, 4) is 0 Å². The van der Waals surface area contributed by atoms with Crippen molar-refractivity contribution in [3.05, 3.63) is 0 Å². The summed E-state index contributed by atoms with van der Waals surface area (Å²) in [4.78, 5) is 11.9. The molecule has 36 valence electrons. The highest BCUT2D eigenvalue weighted by atomic mass is 28.3. The molecule has 0 aromatic rings. The molecule has 0 unspecified atom stereocenters. The molecule has 0 spiro atoms. The molecule has 0 aromatic carbocycles. The summed E-state index contributed by atoms with van der Waals surface area (Å²) in [6.07, 6.45) is 0.671. The first-order valence-electron chi connectivity index (χ1n) is 1.57. The van der Waals surface area contributed by atoms with Crippen LogP contribution in [0.2, 0.25) is 0 Å². The summed E-state index contributed by atoms with van der Waals surface area (Å²) < 4.78 is 4.72. The maximum atomic E-state index is 9.42. The van der Waals surface area contributed by atoms with Crippen molar-refractivity contribution >= 4 is 26.8 Å². The second-order valence-electron chi connectivity index (χ2n) is 0.755. The lowest BCUT2D eigenvalue weighted by Crippen LogP contribution is -2.18. The molecule has 0 aromatic heterocycles. The predicted octanol–water partition coefficient (Wildman–Crippen LogP) is -2.97. The van der Waals surface area contributed by atoms with E-state index in [2.05, 4.69) is 4.98 Å².